The van der Waals surface area contributed by atoms with E-state index in [9.17, 15) is 4.79 Å². The fourth-order valence-electron chi connectivity index (χ4n) is 1.68. The van der Waals surface area contributed by atoms with Gasteiger partial charge in [-0.05, 0) is 21.8 Å². The third-order valence-electron chi connectivity index (χ3n) is 2.68. The van der Waals surface area contributed by atoms with E-state index < -0.39 is 12.0 Å². The minimum absolute atomic E-state index is 0.0121. The van der Waals surface area contributed by atoms with E-state index in [-0.39, 0.29) is 5.92 Å². The number of carbonyl (C=O) groups is 1. The van der Waals surface area contributed by atoms with Crippen LogP contribution >= 0.6 is 27.3 Å². The summed E-state index contributed by atoms with van der Waals surface area (Å²) in [6, 6.07) is -0.632. The van der Waals surface area contributed by atoms with Crippen LogP contribution in [-0.4, -0.2) is 31.9 Å². The fourth-order valence-corrected chi connectivity index (χ4v) is 2.85. The highest BCUT2D eigenvalue weighted by molar-refractivity contribution is 9.10. The van der Waals surface area contributed by atoms with Crippen LogP contribution in [0.4, 0.5) is 5.13 Å². The first-order valence-electron chi connectivity index (χ1n) is 6.07. The van der Waals surface area contributed by atoms with Gasteiger partial charge in [0.1, 0.15) is 6.04 Å². The zero-order chi connectivity index (χ0) is 14.7. The van der Waals surface area contributed by atoms with Crippen LogP contribution < -0.4 is 5.32 Å². The van der Waals surface area contributed by atoms with Crippen molar-refractivity contribution in [3.05, 3.63) is 27.9 Å². The monoisotopic (exact) mass is 358 g/mol. The number of hydrogen-bond acceptors (Lipinski definition) is 5. The zero-order valence-electron chi connectivity index (χ0n) is 11.1. The molecule has 6 nitrogen and oxygen atoms in total. The number of carboxylic acid groups (broad SMARTS) is 1. The lowest BCUT2D eigenvalue weighted by Crippen LogP contribution is -2.34. The highest BCUT2D eigenvalue weighted by atomic mass is 79.9. The van der Waals surface area contributed by atoms with E-state index in [0.29, 0.717) is 11.7 Å². The van der Waals surface area contributed by atoms with Crippen molar-refractivity contribution in [1.82, 2.24) is 14.8 Å². The Morgan fingerprint density at radius 2 is 2.30 bits per heavy atom. The Bertz CT molecular complexity index is 596. The molecule has 8 heteroatoms. The molecule has 0 saturated carbocycles. The van der Waals surface area contributed by atoms with E-state index in [1.165, 1.54) is 11.3 Å². The summed E-state index contributed by atoms with van der Waals surface area (Å²) >= 11 is 4.78. The molecule has 0 saturated heterocycles. The van der Waals surface area contributed by atoms with Crippen molar-refractivity contribution in [2.75, 3.05) is 5.32 Å². The summed E-state index contributed by atoms with van der Waals surface area (Å²) in [7, 11) is 0. The van der Waals surface area contributed by atoms with Gasteiger partial charge < -0.3 is 10.4 Å². The number of aromatic nitrogens is 3. The summed E-state index contributed by atoms with van der Waals surface area (Å²) in [5.41, 5.74) is 0. The van der Waals surface area contributed by atoms with Crippen LogP contribution in [0, 0.1) is 5.92 Å². The van der Waals surface area contributed by atoms with Crippen LogP contribution in [0.2, 0.25) is 0 Å². The topological polar surface area (TPSA) is 80.0 Å². The molecule has 0 aliphatic rings. The van der Waals surface area contributed by atoms with E-state index in [2.05, 4.69) is 31.3 Å². The smallest absolute Gasteiger partial charge is 0.326 e. The summed E-state index contributed by atoms with van der Waals surface area (Å²) in [5, 5.41) is 16.9. The average molecular weight is 359 g/mol. The predicted octanol–water partition coefficient (Wildman–Crippen LogP) is 2.67. The Labute approximate surface area is 129 Å². The van der Waals surface area contributed by atoms with E-state index >= 15 is 0 Å². The highest BCUT2D eigenvalue weighted by Gasteiger charge is 2.22. The van der Waals surface area contributed by atoms with Gasteiger partial charge in [-0.2, -0.15) is 5.10 Å². The Hall–Kier alpha value is -1.41. The van der Waals surface area contributed by atoms with Crippen molar-refractivity contribution in [2.24, 2.45) is 5.92 Å². The lowest BCUT2D eigenvalue weighted by molar-refractivity contribution is -0.138. The van der Waals surface area contributed by atoms with Crippen molar-refractivity contribution in [1.29, 1.82) is 0 Å². The SMILES string of the molecule is CC(C)[C@H](Nc1ncc(Cn2cc(Br)cn2)s1)C(=O)O. The molecule has 0 spiro atoms. The first-order chi connectivity index (χ1) is 9.45. The fraction of sp³-hybridized carbons (Fsp3) is 0.417. The molecule has 0 aromatic carbocycles. The van der Waals surface area contributed by atoms with Gasteiger partial charge >= 0.3 is 5.97 Å². The maximum atomic E-state index is 11.1. The molecule has 0 radical (unpaired) electrons. The Kier molecular flexibility index (Phi) is 4.77. The molecule has 108 valence electrons. The predicted molar refractivity (Wildman–Crippen MR) is 81.0 cm³/mol. The largest absolute Gasteiger partial charge is 0.480 e. The number of nitrogens with zero attached hydrogens (tertiary/aromatic N) is 3. The minimum atomic E-state index is -0.868. The van der Waals surface area contributed by atoms with Gasteiger partial charge in [-0.15, -0.1) is 11.3 Å². The summed E-state index contributed by atoms with van der Waals surface area (Å²) in [6.07, 6.45) is 5.34. The molecule has 0 aliphatic carbocycles. The van der Waals surface area contributed by atoms with Gasteiger partial charge in [-0.3, -0.25) is 4.68 Å². The third-order valence-corrected chi connectivity index (χ3v) is 4.01. The number of hydrogen-bond donors (Lipinski definition) is 2. The number of aliphatic carboxylic acids is 1. The van der Waals surface area contributed by atoms with Gasteiger partial charge in [0.25, 0.3) is 0 Å². The van der Waals surface area contributed by atoms with Gasteiger partial charge in [-0.25, -0.2) is 9.78 Å². The molecule has 20 heavy (non-hydrogen) atoms. The van der Waals surface area contributed by atoms with E-state index in [0.717, 1.165) is 9.35 Å². The number of nitrogens with one attached hydrogen (secondary N) is 1. The Balaban J connectivity index is 2.03. The quantitative estimate of drug-likeness (QED) is 0.829. The molecule has 2 N–H and O–H groups in total. The number of anilines is 1. The number of thiazole rings is 1. The molecule has 2 aromatic heterocycles. The van der Waals surface area contributed by atoms with Gasteiger partial charge in [0.2, 0.25) is 0 Å². The van der Waals surface area contributed by atoms with Crippen LogP contribution in [0.1, 0.15) is 18.7 Å². The van der Waals surface area contributed by atoms with E-state index in [4.69, 9.17) is 5.11 Å². The first-order valence-corrected chi connectivity index (χ1v) is 7.68. The lowest BCUT2D eigenvalue weighted by Gasteiger charge is -2.16. The molecule has 2 rings (SSSR count). The Morgan fingerprint density at radius 1 is 1.55 bits per heavy atom. The second kappa shape index (κ2) is 6.36. The maximum Gasteiger partial charge on any atom is 0.326 e. The summed E-state index contributed by atoms with van der Waals surface area (Å²) < 4.78 is 2.71. The van der Waals surface area contributed by atoms with Gasteiger partial charge in [-0.1, -0.05) is 13.8 Å². The number of halogens is 1. The molecule has 2 aromatic rings. The van der Waals surface area contributed by atoms with Crippen molar-refractivity contribution in [3.8, 4) is 0 Å². The van der Waals surface area contributed by atoms with Gasteiger partial charge in [0, 0.05) is 17.3 Å². The molecule has 0 aliphatic heterocycles. The van der Waals surface area contributed by atoms with E-state index in [1.54, 1.807) is 17.1 Å². The van der Waals surface area contributed by atoms with Crippen molar-refractivity contribution in [3.63, 3.8) is 0 Å². The second-order valence-corrected chi connectivity index (χ2v) is 6.72. The maximum absolute atomic E-state index is 11.1. The van der Waals surface area contributed by atoms with Crippen LogP contribution in [0.5, 0.6) is 0 Å². The average Bonchev–Trinajstić information content (AvgIpc) is 2.95. The van der Waals surface area contributed by atoms with Crippen LogP contribution in [0.25, 0.3) is 0 Å². The lowest BCUT2D eigenvalue weighted by atomic mass is 10.1. The second-order valence-electron chi connectivity index (χ2n) is 4.69. The van der Waals surface area contributed by atoms with Crippen LogP contribution in [0.3, 0.4) is 0 Å². The zero-order valence-corrected chi connectivity index (χ0v) is 13.5. The highest BCUT2D eigenvalue weighted by Crippen LogP contribution is 2.21. The van der Waals surface area contributed by atoms with Gasteiger partial charge in [0.05, 0.1) is 17.2 Å². The molecule has 1 atom stereocenters. The first kappa shape index (κ1) is 15.0. The standard InChI is InChI=1S/C12H15BrN4O2S/c1-7(2)10(11(18)19)16-12-14-4-9(20-12)6-17-5-8(13)3-15-17/h3-5,7,10H,6H2,1-2H3,(H,14,16)(H,18,19)/t10-/m0/s1. The molecule has 0 bridgehead atoms. The van der Waals surface area contributed by atoms with Crippen LogP contribution in [-0.2, 0) is 11.3 Å². The Morgan fingerprint density at radius 3 is 2.85 bits per heavy atom. The van der Waals surface area contributed by atoms with Crippen molar-refractivity contribution in [2.45, 2.75) is 26.4 Å². The van der Waals surface area contributed by atoms with Crippen molar-refractivity contribution >= 4 is 38.4 Å². The van der Waals surface area contributed by atoms with Gasteiger partial charge in [0.15, 0.2) is 5.13 Å². The third kappa shape index (κ3) is 3.80. The normalized spacial score (nSPS) is 12.6. The molecule has 0 amide bonds. The minimum Gasteiger partial charge on any atom is -0.480 e. The summed E-state index contributed by atoms with van der Waals surface area (Å²) in [5.74, 6) is -0.880. The molecule has 0 fully saturated rings. The number of carboxylic acids is 1. The number of rotatable bonds is 6. The molecular weight excluding hydrogens is 344 g/mol. The van der Waals surface area contributed by atoms with Crippen LogP contribution in [0.15, 0.2) is 23.1 Å². The molecule has 2 heterocycles. The van der Waals surface area contributed by atoms with Crippen molar-refractivity contribution < 1.29 is 9.90 Å². The molecular formula is C12H15BrN4O2S. The van der Waals surface area contributed by atoms with E-state index in [1.807, 2.05) is 20.0 Å². The summed E-state index contributed by atoms with van der Waals surface area (Å²) in [4.78, 5) is 16.4. The molecule has 0 unspecified atom stereocenters. The summed E-state index contributed by atoms with van der Waals surface area (Å²) in [6.45, 7) is 4.34.